The maximum atomic E-state index is 12.2. The Kier molecular flexibility index (Phi) is 5.59. The molecular weight excluding hydrogens is 333 g/mol. The molecular formula is C13H13F3N4O2S. The lowest BCUT2D eigenvalue weighted by atomic mass is 10.2. The second-order valence-electron chi connectivity index (χ2n) is 4.47. The van der Waals surface area contributed by atoms with Gasteiger partial charge in [0.1, 0.15) is 0 Å². The first-order valence-electron chi connectivity index (χ1n) is 6.67. The zero-order chi connectivity index (χ0) is 16.9. The standard InChI is InChI=1S/C13H13F3N4O2S/c1-2-7-20-11(17-18-19-20)8-22-12(21)9-3-5-10(6-4-9)23-13(14,15)16/h3-6H,2,7-8H2,1H3. The molecule has 1 aromatic carbocycles. The molecule has 0 aliphatic rings. The van der Waals surface area contributed by atoms with Crippen LogP contribution in [0.3, 0.4) is 0 Å². The van der Waals surface area contributed by atoms with Gasteiger partial charge in [-0.1, -0.05) is 6.92 Å². The van der Waals surface area contributed by atoms with Crippen LogP contribution in [0, 0.1) is 0 Å². The molecule has 0 aliphatic heterocycles. The van der Waals surface area contributed by atoms with Gasteiger partial charge in [0.2, 0.25) is 0 Å². The highest BCUT2D eigenvalue weighted by molar-refractivity contribution is 8.00. The molecule has 23 heavy (non-hydrogen) atoms. The molecule has 0 N–H and O–H groups in total. The lowest BCUT2D eigenvalue weighted by Crippen LogP contribution is -2.11. The number of ether oxygens (including phenoxy) is 1. The first kappa shape index (κ1) is 17.3. The number of alkyl halides is 3. The van der Waals surface area contributed by atoms with Crippen molar-refractivity contribution < 1.29 is 22.7 Å². The lowest BCUT2D eigenvalue weighted by molar-refractivity contribution is -0.0328. The molecule has 1 heterocycles. The van der Waals surface area contributed by atoms with Crippen molar-refractivity contribution in [2.24, 2.45) is 0 Å². The number of halogens is 3. The normalized spacial score (nSPS) is 11.5. The number of aryl methyl sites for hydroxylation is 1. The van der Waals surface area contributed by atoms with Gasteiger partial charge in [0.25, 0.3) is 0 Å². The van der Waals surface area contributed by atoms with Gasteiger partial charge >= 0.3 is 11.5 Å². The molecule has 6 nitrogen and oxygen atoms in total. The summed E-state index contributed by atoms with van der Waals surface area (Å²) < 4.78 is 43.3. The average molecular weight is 346 g/mol. The van der Waals surface area contributed by atoms with Gasteiger partial charge in [-0.2, -0.15) is 13.2 Å². The Bertz CT molecular complexity index is 658. The van der Waals surface area contributed by atoms with Crippen LogP contribution in [-0.4, -0.2) is 31.7 Å². The number of thioether (sulfide) groups is 1. The Balaban J connectivity index is 1.94. The van der Waals surface area contributed by atoms with Gasteiger partial charge in [-0.05, 0) is 52.9 Å². The van der Waals surface area contributed by atoms with Gasteiger partial charge in [-0.3, -0.25) is 0 Å². The Labute approximate surface area is 134 Å². The zero-order valence-electron chi connectivity index (χ0n) is 12.1. The molecule has 2 rings (SSSR count). The fourth-order valence-electron chi connectivity index (χ4n) is 1.72. The Morgan fingerprint density at radius 2 is 2.00 bits per heavy atom. The fourth-order valence-corrected chi connectivity index (χ4v) is 2.26. The van der Waals surface area contributed by atoms with Crippen LogP contribution in [0.5, 0.6) is 0 Å². The van der Waals surface area contributed by atoms with E-state index in [1.807, 2.05) is 6.92 Å². The van der Waals surface area contributed by atoms with Crippen molar-refractivity contribution >= 4 is 17.7 Å². The molecule has 0 bridgehead atoms. The summed E-state index contributed by atoms with van der Waals surface area (Å²) in [6.07, 6.45) is 0.824. The lowest BCUT2D eigenvalue weighted by Gasteiger charge is -2.07. The summed E-state index contributed by atoms with van der Waals surface area (Å²) in [6, 6.07) is 5.00. The van der Waals surface area contributed by atoms with Crippen LogP contribution in [-0.2, 0) is 17.9 Å². The van der Waals surface area contributed by atoms with Gasteiger partial charge in [0, 0.05) is 11.4 Å². The number of hydrogen-bond donors (Lipinski definition) is 0. The maximum Gasteiger partial charge on any atom is 0.446 e. The van der Waals surface area contributed by atoms with E-state index >= 15 is 0 Å². The van der Waals surface area contributed by atoms with E-state index in [-0.39, 0.29) is 28.8 Å². The van der Waals surface area contributed by atoms with E-state index in [0.29, 0.717) is 12.4 Å². The second kappa shape index (κ2) is 7.44. The van der Waals surface area contributed by atoms with Crippen molar-refractivity contribution in [1.29, 1.82) is 0 Å². The fraction of sp³-hybridized carbons (Fsp3) is 0.385. The molecule has 0 atom stereocenters. The van der Waals surface area contributed by atoms with E-state index in [9.17, 15) is 18.0 Å². The maximum absolute atomic E-state index is 12.2. The zero-order valence-corrected chi connectivity index (χ0v) is 12.9. The van der Waals surface area contributed by atoms with E-state index in [1.54, 1.807) is 0 Å². The number of tetrazole rings is 1. The number of carbonyl (C=O) groups is 1. The largest absolute Gasteiger partial charge is 0.454 e. The third-order valence-electron chi connectivity index (χ3n) is 2.70. The molecule has 0 radical (unpaired) electrons. The number of nitrogens with zero attached hydrogens (tertiary/aromatic N) is 4. The highest BCUT2D eigenvalue weighted by Crippen LogP contribution is 2.36. The topological polar surface area (TPSA) is 69.9 Å². The Hall–Kier alpha value is -2.10. The van der Waals surface area contributed by atoms with Crippen molar-refractivity contribution in [2.75, 3.05) is 0 Å². The van der Waals surface area contributed by atoms with Crippen molar-refractivity contribution in [1.82, 2.24) is 20.2 Å². The van der Waals surface area contributed by atoms with E-state index < -0.39 is 11.5 Å². The molecule has 0 spiro atoms. The number of benzene rings is 1. The molecule has 0 aliphatic carbocycles. The molecule has 0 fully saturated rings. The van der Waals surface area contributed by atoms with Crippen molar-refractivity contribution in [3.63, 3.8) is 0 Å². The summed E-state index contributed by atoms with van der Waals surface area (Å²) in [5.74, 6) is -0.246. The first-order chi connectivity index (χ1) is 10.9. The SMILES string of the molecule is CCCn1nnnc1COC(=O)c1ccc(SC(F)(F)F)cc1. The number of aromatic nitrogens is 4. The van der Waals surface area contributed by atoms with E-state index in [1.165, 1.54) is 28.9 Å². The molecule has 0 amide bonds. The summed E-state index contributed by atoms with van der Waals surface area (Å²) >= 11 is -0.242. The molecule has 10 heteroatoms. The number of hydrogen-bond acceptors (Lipinski definition) is 6. The minimum Gasteiger partial charge on any atom is -0.454 e. The first-order valence-corrected chi connectivity index (χ1v) is 7.48. The van der Waals surface area contributed by atoms with Crippen LogP contribution >= 0.6 is 11.8 Å². The number of rotatable bonds is 6. The average Bonchev–Trinajstić information content (AvgIpc) is 2.92. The van der Waals surface area contributed by atoms with E-state index in [4.69, 9.17) is 4.74 Å². The van der Waals surface area contributed by atoms with Gasteiger partial charge in [-0.15, -0.1) is 5.10 Å². The smallest absolute Gasteiger partial charge is 0.446 e. The third-order valence-corrected chi connectivity index (χ3v) is 3.44. The third kappa shape index (κ3) is 5.23. The predicted molar refractivity (Wildman–Crippen MR) is 75.6 cm³/mol. The van der Waals surface area contributed by atoms with E-state index in [2.05, 4.69) is 15.5 Å². The summed E-state index contributed by atoms with van der Waals surface area (Å²) in [6.45, 7) is 2.45. The van der Waals surface area contributed by atoms with Crippen LogP contribution in [0.25, 0.3) is 0 Å². The summed E-state index contributed by atoms with van der Waals surface area (Å²) in [7, 11) is 0. The monoisotopic (exact) mass is 346 g/mol. The highest BCUT2D eigenvalue weighted by Gasteiger charge is 2.29. The van der Waals surface area contributed by atoms with E-state index in [0.717, 1.165) is 6.42 Å². The second-order valence-corrected chi connectivity index (χ2v) is 5.61. The van der Waals surface area contributed by atoms with Crippen LogP contribution in [0.15, 0.2) is 29.2 Å². The molecule has 1 aromatic heterocycles. The summed E-state index contributed by atoms with van der Waals surface area (Å²) in [5, 5.41) is 11.0. The number of esters is 1. The Morgan fingerprint density at radius 3 is 2.61 bits per heavy atom. The minimum absolute atomic E-state index is 0.000869. The Morgan fingerprint density at radius 1 is 1.30 bits per heavy atom. The molecule has 0 unspecified atom stereocenters. The van der Waals surface area contributed by atoms with Gasteiger partial charge in [0.15, 0.2) is 12.4 Å². The number of carbonyl (C=O) groups excluding carboxylic acids is 1. The highest BCUT2D eigenvalue weighted by atomic mass is 32.2. The molecule has 0 saturated carbocycles. The van der Waals surface area contributed by atoms with Gasteiger partial charge < -0.3 is 4.74 Å². The van der Waals surface area contributed by atoms with Crippen molar-refractivity contribution in [2.45, 2.75) is 36.9 Å². The van der Waals surface area contributed by atoms with Gasteiger partial charge in [-0.25, -0.2) is 9.48 Å². The quantitative estimate of drug-likeness (QED) is 0.591. The van der Waals surface area contributed by atoms with Crippen LogP contribution < -0.4 is 0 Å². The van der Waals surface area contributed by atoms with Crippen molar-refractivity contribution in [3.8, 4) is 0 Å². The minimum atomic E-state index is -4.36. The van der Waals surface area contributed by atoms with Crippen LogP contribution in [0.1, 0.15) is 29.5 Å². The predicted octanol–water partition coefficient (Wildman–Crippen LogP) is 3.05. The van der Waals surface area contributed by atoms with Crippen LogP contribution in [0.2, 0.25) is 0 Å². The molecule has 124 valence electrons. The van der Waals surface area contributed by atoms with Crippen LogP contribution in [0.4, 0.5) is 13.2 Å². The molecule has 2 aromatic rings. The molecule has 0 saturated heterocycles. The summed E-state index contributed by atoms with van der Waals surface area (Å²) in [4.78, 5) is 11.9. The van der Waals surface area contributed by atoms with Gasteiger partial charge in [0.05, 0.1) is 5.56 Å². The summed E-state index contributed by atoms with van der Waals surface area (Å²) in [5.41, 5.74) is -4.20. The van der Waals surface area contributed by atoms with Crippen molar-refractivity contribution in [3.05, 3.63) is 35.7 Å².